The zero-order valence-electron chi connectivity index (χ0n) is 22.8. The molecule has 2 aromatic carbocycles. The van der Waals surface area contributed by atoms with Gasteiger partial charge in [0.15, 0.2) is 29.3 Å². The second kappa shape index (κ2) is 14.1. The van der Waals surface area contributed by atoms with Crippen LogP contribution < -0.4 is 14.5 Å². The van der Waals surface area contributed by atoms with Crippen molar-refractivity contribution in [1.29, 1.82) is 0 Å². The molecule has 0 spiro atoms. The molecule has 13 heteroatoms. The van der Waals surface area contributed by atoms with Gasteiger partial charge in [-0.1, -0.05) is 41.4 Å². The summed E-state index contributed by atoms with van der Waals surface area (Å²) in [6, 6.07) is 11.0. The Morgan fingerprint density at radius 2 is 1.86 bits per heavy atom. The van der Waals surface area contributed by atoms with Crippen LogP contribution in [0.1, 0.15) is 46.0 Å². The number of benzene rings is 2. The fourth-order valence-electron chi connectivity index (χ4n) is 4.73. The number of halogens is 4. The van der Waals surface area contributed by atoms with Crippen LogP contribution in [-0.4, -0.2) is 52.8 Å². The number of aromatic nitrogens is 1. The molecule has 228 valence electrons. The van der Waals surface area contributed by atoms with Gasteiger partial charge in [0, 0.05) is 30.8 Å². The van der Waals surface area contributed by atoms with Gasteiger partial charge in [-0.3, -0.25) is 4.90 Å². The van der Waals surface area contributed by atoms with Crippen LogP contribution in [-0.2, 0) is 22.5 Å². The van der Waals surface area contributed by atoms with Crippen LogP contribution in [0.5, 0.6) is 11.5 Å². The Hall–Kier alpha value is -3.12. The highest BCUT2D eigenvalue weighted by atomic mass is 35.5. The molecule has 0 amide bonds. The number of aromatic amines is 1. The number of H-pyrrole nitrogens is 1. The second-order valence-corrected chi connectivity index (χ2v) is 12.3. The molecule has 1 aliphatic carbocycles. The Morgan fingerprint density at radius 1 is 1.09 bits per heavy atom. The van der Waals surface area contributed by atoms with E-state index in [4.69, 9.17) is 32.7 Å². The summed E-state index contributed by atoms with van der Waals surface area (Å²) >= 11 is 14.3. The molecule has 3 aromatic rings. The lowest BCUT2D eigenvalue weighted by atomic mass is 10.0. The Bertz CT molecular complexity index is 1460. The smallest absolute Gasteiger partial charge is 0.387 e. The number of carbonyl (C=O) groups is 2. The number of hydrogen-bond acceptors (Lipinski definition) is 7. The van der Waals surface area contributed by atoms with Crippen LogP contribution in [0.3, 0.4) is 0 Å². The molecule has 0 bridgehead atoms. The van der Waals surface area contributed by atoms with Gasteiger partial charge in [-0.25, -0.2) is 14.6 Å². The predicted octanol–water partition coefficient (Wildman–Crippen LogP) is 6.30. The lowest BCUT2D eigenvalue weighted by molar-refractivity contribution is -0.377. The maximum atomic E-state index is 13.7. The topological polar surface area (TPSA) is 99.4 Å². The minimum absolute atomic E-state index is 0.104. The van der Waals surface area contributed by atoms with Crippen LogP contribution in [0.4, 0.5) is 8.78 Å². The summed E-state index contributed by atoms with van der Waals surface area (Å²) in [5.41, 5.74) is 1.94. The molecule has 1 aliphatic heterocycles. The van der Waals surface area contributed by atoms with Crippen molar-refractivity contribution >= 4 is 46.9 Å². The van der Waals surface area contributed by atoms with E-state index in [-0.39, 0.29) is 23.5 Å². The Labute approximate surface area is 261 Å². The zero-order chi connectivity index (χ0) is 30.5. The summed E-state index contributed by atoms with van der Waals surface area (Å²) < 4.78 is 42.9. The number of hydrogen-bond donors (Lipinski definition) is 1. The van der Waals surface area contributed by atoms with Gasteiger partial charge in [-0.05, 0) is 54.2 Å². The molecular weight excluding hydrogens is 625 g/mol. The molecule has 2 atom stereocenters. The van der Waals surface area contributed by atoms with Gasteiger partial charge in [0.2, 0.25) is 0 Å². The summed E-state index contributed by atoms with van der Waals surface area (Å²) in [6.45, 7) is -1.74. The number of aromatic carboxylic acids is 1. The van der Waals surface area contributed by atoms with Crippen LogP contribution in [0.15, 0.2) is 54.9 Å². The summed E-state index contributed by atoms with van der Waals surface area (Å²) in [4.78, 5) is 29.9. The fourth-order valence-corrected chi connectivity index (χ4v) is 6.40. The molecule has 2 fully saturated rings. The van der Waals surface area contributed by atoms with Crippen LogP contribution in [0, 0.1) is 5.92 Å². The Balaban J connectivity index is 1.41. The third-order valence-electron chi connectivity index (χ3n) is 7.12. The number of nitrogens with one attached hydrogen (secondary N) is 1. The van der Waals surface area contributed by atoms with E-state index < -0.39 is 30.0 Å². The number of carboxylic acid groups (broad SMARTS) is 1. The Morgan fingerprint density at radius 3 is 2.56 bits per heavy atom. The molecule has 1 saturated heterocycles. The van der Waals surface area contributed by atoms with E-state index in [2.05, 4.69) is 9.72 Å². The summed E-state index contributed by atoms with van der Waals surface area (Å²) in [6.07, 6.45) is 4.34. The second-order valence-electron chi connectivity index (χ2n) is 10.3. The maximum absolute atomic E-state index is 13.7. The molecule has 2 aliphatic rings. The van der Waals surface area contributed by atoms with Gasteiger partial charge in [0.1, 0.15) is 16.1 Å². The number of carbonyl (C=O) groups excluding carboxylic acids is 1. The van der Waals surface area contributed by atoms with E-state index in [9.17, 15) is 23.5 Å². The first kappa shape index (κ1) is 31.3. The quantitative estimate of drug-likeness (QED) is 0.215. The van der Waals surface area contributed by atoms with Crippen molar-refractivity contribution in [3.05, 3.63) is 87.2 Å². The number of nitrogens with zero attached hydrogens (tertiary/aromatic N) is 1. The number of esters is 1. The molecule has 0 radical (unpaired) electrons. The van der Waals surface area contributed by atoms with Crippen LogP contribution in [0.2, 0.25) is 10.0 Å². The molecule has 5 rings (SSSR count). The lowest BCUT2D eigenvalue weighted by Crippen LogP contribution is -2.36. The van der Waals surface area contributed by atoms with E-state index in [0.717, 1.165) is 18.4 Å². The van der Waals surface area contributed by atoms with Crippen molar-refractivity contribution in [3.8, 4) is 11.5 Å². The minimum atomic E-state index is -3.04. The van der Waals surface area contributed by atoms with E-state index >= 15 is 0 Å². The van der Waals surface area contributed by atoms with Gasteiger partial charge in [0.05, 0.1) is 12.2 Å². The maximum Gasteiger partial charge on any atom is 0.387 e. The number of rotatable bonds is 13. The van der Waals surface area contributed by atoms with Gasteiger partial charge in [-0.2, -0.15) is 8.78 Å². The fraction of sp³-hybridized carbons (Fsp3) is 0.367. The minimum Gasteiger partial charge on any atom is -0.489 e. The third kappa shape index (κ3) is 8.29. The molecular formula is C30H29Cl2F2N2O6S+. The monoisotopic (exact) mass is 653 g/mol. The Kier molecular flexibility index (Phi) is 10.3. The van der Waals surface area contributed by atoms with Crippen molar-refractivity contribution < 1.29 is 42.7 Å². The van der Waals surface area contributed by atoms with Gasteiger partial charge < -0.3 is 19.3 Å². The number of thioether (sulfide) groups is 1. The van der Waals surface area contributed by atoms with Gasteiger partial charge >= 0.3 is 18.6 Å². The standard InChI is InChI=1S/C30H28Cl2F2N2O6S/c31-22-13-35-14-23(32)21(22)12-25(19-6-7-24(42-30(33)34)26(11-19)40-16-17-4-5-17)41-29(39)27-36(8-9-43-27)15-18-2-1-3-20(10-18)28(37)38/h1-3,6-7,10-11,13-14,17,25,27,30H,4-5,8-9,12,15-16H2,(H,37,38)/p+1/t25-,27-/m0/s1. The average Bonchev–Trinajstić information content (AvgIpc) is 3.69. The van der Waals surface area contributed by atoms with Crippen molar-refractivity contribution in [1.82, 2.24) is 4.90 Å². The van der Waals surface area contributed by atoms with Crippen molar-refractivity contribution in [3.63, 3.8) is 0 Å². The number of carboxylic acids is 1. The highest BCUT2D eigenvalue weighted by molar-refractivity contribution is 8.00. The molecule has 8 nitrogen and oxygen atoms in total. The number of alkyl halides is 2. The molecule has 0 unspecified atom stereocenters. The van der Waals surface area contributed by atoms with Gasteiger partial charge in [-0.15, -0.1) is 11.8 Å². The van der Waals surface area contributed by atoms with Crippen LogP contribution >= 0.6 is 35.0 Å². The number of pyridine rings is 1. The first-order valence-corrected chi connectivity index (χ1v) is 15.4. The highest BCUT2D eigenvalue weighted by Gasteiger charge is 2.35. The van der Waals surface area contributed by atoms with E-state index in [1.54, 1.807) is 36.7 Å². The van der Waals surface area contributed by atoms with Crippen LogP contribution in [0.25, 0.3) is 0 Å². The highest BCUT2D eigenvalue weighted by Crippen LogP contribution is 2.38. The van der Waals surface area contributed by atoms with Crippen molar-refractivity contribution in [2.45, 2.75) is 43.9 Å². The van der Waals surface area contributed by atoms with E-state index in [0.29, 0.717) is 52.5 Å². The van der Waals surface area contributed by atoms with Crippen molar-refractivity contribution in [2.24, 2.45) is 5.92 Å². The first-order chi connectivity index (χ1) is 20.7. The van der Waals surface area contributed by atoms with Gasteiger partial charge in [0.25, 0.3) is 0 Å². The predicted molar refractivity (Wildman–Crippen MR) is 157 cm³/mol. The van der Waals surface area contributed by atoms with E-state index in [1.165, 1.54) is 23.9 Å². The third-order valence-corrected chi connectivity index (χ3v) is 9.02. The molecule has 2 heterocycles. The summed E-state index contributed by atoms with van der Waals surface area (Å²) in [5, 5.41) is 9.38. The lowest BCUT2D eigenvalue weighted by Gasteiger charge is -2.26. The molecule has 1 saturated carbocycles. The van der Waals surface area contributed by atoms with E-state index in [1.807, 2.05) is 11.0 Å². The zero-order valence-corrected chi connectivity index (χ0v) is 25.1. The molecule has 43 heavy (non-hydrogen) atoms. The largest absolute Gasteiger partial charge is 0.489 e. The number of ether oxygens (including phenoxy) is 3. The summed E-state index contributed by atoms with van der Waals surface area (Å²) in [7, 11) is 0. The molecule has 2 N–H and O–H groups in total. The average molecular weight is 655 g/mol. The first-order valence-electron chi connectivity index (χ1n) is 13.6. The molecule has 1 aromatic heterocycles. The van der Waals surface area contributed by atoms with Crippen molar-refractivity contribution in [2.75, 3.05) is 18.9 Å². The summed E-state index contributed by atoms with van der Waals surface area (Å²) in [5.74, 6) is -0.497. The normalized spacial score (nSPS) is 17.6. The SMILES string of the molecule is O=C(O)c1cccc(CN2CCS[C@H]2C(=O)O[C@@H](Cc2c(Cl)c[nH+]cc2Cl)c2ccc(OC(F)F)c(OCC3CC3)c2)c1.